The van der Waals surface area contributed by atoms with Crippen molar-refractivity contribution in [2.75, 3.05) is 0 Å². The molecule has 4 nitrogen and oxygen atoms in total. The fourth-order valence-electron chi connectivity index (χ4n) is 3.18. The summed E-state index contributed by atoms with van der Waals surface area (Å²) in [5, 5.41) is 12.5. The van der Waals surface area contributed by atoms with Crippen LogP contribution in [0.25, 0.3) is 0 Å². The number of carbonyl (C=O) groups excluding carboxylic acids is 1. The van der Waals surface area contributed by atoms with Gasteiger partial charge in [-0.05, 0) is 23.1 Å². The summed E-state index contributed by atoms with van der Waals surface area (Å²) in [4.78, 5) is 12.3. The van der Waals surface area contributed by atoms with Crippen molar-refractivity contribution in [3.63, 3.8) is 0 Å². The summed E-state index contributed by atoms with van der Waals surface area (Å²) >= 11 is 0. The van der Waals surface area contributed by atoms with Crippen molar-refractivity contribution in [3.8, 4) is 0 Å². The summed E-state index contributed by atoms with van der Waals surface area (Å²) in [5.41, 5.74) is 3.24. The average molecular weight is 373 g/mol. The molecule has 3 aromatic rings. The van der Waals surface area contributed by atoms with Crippen molar-refractivity contribution in [1.29, 1.82) is 0 Å². The summed E-state index contributed by atoms with van der Waals surface area (Å²) < 4.78 is 5.30. The number of rotatable bonds is 8. The van der Waals surface area contributed by atoms with E-state index in [1.54, 1.807) is 0 Å². The zero-order valence-corrected chi connectivity index (χ0v) is 15.6. The molecule has 0 atom stereocenters. The molecule has 1 N–H and O–H groups in total. The van der Waals surface area contributed by atoms with Gasteiger partial charge >= 0.3 is 5.97 Å². The molecule has 0 radical (unpaired) electrons. The molecule has 0 aliphatic heterocycles. The van der Waals surface area contributed by atoms with E-state index in [1.807, 2.05) is 66.7 Å². The molecule has 3 rings (SSSR count). The number of esters is 1. The Balaban J connectivity index is 1.66. The number of ether oxygens (including phenoxy) is 1. The van der Waals surface area contributed by atoms with E-state index in [4.69, 9.17) is 4.74 Å². The van der Waals surface area contributed by atoms with Gasteiger partial charge in [-0.3, -0.25) is 0 Å². The Kier molecular flexibility index (Phi) is 6.96. The molecule has 0 aliphatic carbocycles. The Morgan fingerprint density at radius 2 is 1.32 bits per heavy atom. The van der Waals surface area contributed by atoms with Gasteiger partial charge in [-0.1, -0.05) is 96.2 Å². The summed E-state index contributed by atoms with van der Waals surface area (Å²) in [5.74, 6) is -0.493. The van der Waals surface area contributed by atoms with Crippen LogP contribution in [0, 0.1) is 0 Å². The van der Waals surface area contributed by atoms with Gasteiger partial charge in [0, 0.05) is 12.3 Å². The monoisotopic (exact) mass is 373 g/mol. The minimum Gasteiger partial charge on any atom is -0.456 e. The minimum absolute atomic E-state index is 0.0350. The van der Waals surface area contributed by atoms with E-state index < -0.39 is 5.97 Å². The van der Waals surface area contributed by atoms with Crippen LogP contribution >= 0.6 is 0 Å². The number of benzene rings is 3. The Hall–Kier alpha value is -3.40. The maximum atomic E-state index is 12.3. The second-order valence-corrected chi connectivity index (χ2v) is 6.52. The zero-order valence-electron chi connectivity index (χ0n) is 15.6. The smallest absolute Gasteiger partial charge is 0.356 e. The maximum Gasteiger partial charge on any atom is 0.356 e. The number of carbonyl (C=O) groups is 1. The van der Waals surface area contributed by atoms with Crippen LogP contribution < -0.4 is 0 Å². The average Bonchev–Trinajstić information content (AvgIpc) is 2.77. The van der Waals surface area contributed by atoms with Crippen LogP contribution in [0.2, 0.25) is 0 Å². The molecule has 0 saturated carbocycles. The lowest BCUT2D eigenvalue weighted by molar-refractivity contribution is -0.137. The van der Waals surface area contributed by atoms with Gasteiger partial charge in [-0.15, -0.1) is 0 Å². The first-order valence-electron chi connectivity index (χ1n) is 9.30. The topological polar surface area (TPSA) is 58.9 Å². The lowest BCUT2D eigenvalue weighted by atomic mass is 9.87. The Labute approximate surface area is 165 Å². The van der Waals surface area contributed by atoms with Crippen LogP contribution in [0.4, 0.5) is 0 Å². The number of oxime groups is 1. The largest absolute Gasteiger partial charge is 0.456 e. The SMILES string of the molecule is O=C(OCc1ccccc1)/C(CCC(c1ccccc1)c1ccccc1)=N\O. The van der Waals surface area contributed by atoms with Gasteiger partial charge in [0.05, 0.1) is 0 Å². The highest BCUT2D eigenvalue weighted by molar-refractivity contribution is 6.36. The van der Waals surface area contributed by atoms with Crippen molar-refractivity contribution in [3.05, 3.63) is 108 Å². The Morgan fingerprint density at radius 3 is 1.82 bits per heavy atom. The molecule has 0 bridgehead atoms. The molecule has 0 heterocycles. The molecular weight excluding hydrogens is 350 g/mol. The van der Waals surface area contributed by atoms with Crippen LogP contribution in [0.1, 0.15) is 35.4 Å². The zero-order chi connectivity index (χ0) is 19.6. The highest BCUT2D eigenvalue weighted by Gasteiger charge is 2.19. The summed E-state index contributed by atoms with van der Waals surface area (Å²) in [6.07, 6.45) is 0.951. The first-order chi connectivity index (χ1) is 13.8. The number of hydrogen-bond acceptors (Lipinski definition) is 4. The second-order valence-electron chi connectivity index (χ2n) is 6.52. The van der Waals surface area contributed by atoms with Crippen molar-refractivity contribution in [2.24, 2.45) is 5.16 Å². The third kappa shape index (κ3) is 5.30. The molecule has 3 aromatic carbocycles. The van der Waals surface area contributed by atoms with E-state index in [9.17, 15) is 10.0 Å². The Bertz CT molecular complexity index is 853. The molecular formula is C24H23NO3. The minimum atomic E-state index is -0.591. The normalized spacial score (nSPS) is 11.4. The highest BCUT2D eigenvalue weighted by atomic mass is 16.5. The fraction of sp³-hybridized carbons (Fsp3) is 0.167. The van der Waals surface area contributed by atoms with Gasteiger partial charge in [0.1, 0.15) is 6.61 Å². The van der Waals surface area contributed by atoms with Gasteiger partial charge in [0.15, 0.2) is 5.71 Å². The highest BCUT2D eigenvalue weighted by Crippen LogP contribution is 2.29. The summed E-state index contributed by atoms with van der Waals surface area (Å²) in [7, 11) is 0. The molecule has 0 aromatic heterocycles. The van der Waals surface area contributed by atoms with E-state index in [0.29, 0.717) is 12.8 Å². The molecule has 0 unspecified atom stereocenters. The van der Waals surface area contributed by atoms with Gasteiger partial charge < -0.3 is 9.94 Å². The lowest BCUT2D eigenvalue weighted by Crippen LogP contribution is -2.19. The predicted octanol–water partition coefficient (Wildman–Crippen LogP) is 5.17. The molecule has 28 heavy (non-hydrogen) atoms. The molecule has 0 aliphatic rings. The first-order valence-corrected chi connectivity index (χ1v) is 9.30. The van der Waals surface area contributed by atoms with Crippen molar-refractivity contribution >= 4 is 11.7 Å². The van der Waals surface area contributed by atoms with Crippen LogP contribution in [-0.2, 0) is 16.1 Å². The van der Waals surface area contributed by atoms with E-state index in [2.05, 4.69) is 29.4 Å². The second kappa shape index (κ2) is 10.1. The van der Waals surface area contributed by atoms with Crippen molar-refractivity contribution in [1.82, 2.24) is 0 Å². The lowest BCUT2D eigenvalue weighted by Gasteiger charge is -2.18. The number of nitrogens with zero attached hydrogens (tertiary/aromatic N) is 1. The third-order valence-corrected chi connectivity index (χ3v) is 4.64. The van der Waals surface area contributed by atoms with Gasteiger partial charge in [0.2, 0.25) is 0 Å². The standard InChI is InChI=1S/C24H23NO3/c26-24(28-18-19-10-4-1-5-11-19)23(25-27)17-16-22(20-12-6-2-7-13-20)21-14-8-3-9-15-21/h1-15,22,27H,16-18H2/b25-23-. The van der Waals surface area contributed by atoms with Crippen LogP contribution in [0.5, 0.6) is 0 Å². The van der Waals surface area contributed by atoms with E-state index in [1.165, 1.54) is 0 Å². The van der Waals surface area contributed by atoms with E-state index >= 15 is 0 Å². The Morgan fingerprint density at radius 1 is 0.821 bits per heavy atom. The molecule has 0 fully saturated rings. The molecule has 0 amide bonds. The predicted molar refractivity (Wildman–Crippen MR) is 109 cm³/mol. The number of hydrogen-bond donors (Lipinski definition) is 1. The molecule has 0 spiro atoms. The van der Waals surface area contributed by atoms with Crippen LogP contribution in [0.3, 0.4) is 0 Å². The van der Waals surface area contributed by atoms with Crippen molar-refractivity contribution in [2.45, 2.75) is 25.4 Å². The molecule has 4 heteroatoms. The summed E-state index contributed by atoms with van der Waals surface area (Å²) in [6, 6.07) is 29.7. The van der Waals surface area contributed by atoms with Gasteiger partial charge in [-0.2, -0.15) is 0 Å². The van der Waals surface area contributed by atoms with Gasteiger partial charge in [0.25, 0.3) is 0 Å². The maximum absolute atomic E-state index is 12.3. The third-order valence-electron chi connectivity index (χ3n) is 4.64. The molecule has 142 valence electrons. The van der Waals surface area contributed by atoms with E-state index in [-0.39, 0.29) is 18.2 Å². The van der Waals surface area contributed by atoms with Gasteiger partial charge in [-0.25, -0.2) is 4.79 Å². The van der Waals surface area contributed by atoms with E-state index in [0.717, 1.165) is 16.7 Å². The fourth-order valence-corrected chi connectivity index (χ4v) is 3.18. The quantitative estimate of drug-likeness (QED) is 0.256. The summed E-state index contributed by atoms with van der Waals surface area (Å²) in [6.45, 7) is 0.152. The molecule has 0 saturated heterocycles. The first kappa shape index (κ1) is 19.4. The van der Waals surface area contributed by atoms with Crippen molar-refractivity contribution < 1.29 is 14.7 Å². The van der Waals surface area contributed by atoms with Crippen LogP contribution in [-0.4, -0.2) is 16.9 Å². The van der Waals surface area contributed by atoms with Crippen LogP contribution in [0.15, 0.2) is 96.2 Å².